The lowest BCUT2D eigenvalue weighted by atomic mass is 10.2. The highest BCUT2D eigenvalue weighted by atomic mass is 32.2. The topological polar surface area (TPSA) is 52.4 Å². The third kappa shape index (κ3) is 3.20. The Kier molecular flexibility index (Phi) is 4.02. The van der Waals surface area contributed by atoms with Crippen molar-refractivity contribution in [2.75, 3.05) is 13.2 Å². The summed E-state index contributed by atoms with van der Waals surface area (Å²) in [5, 5.41) is 11.3. The maximum atomic E-state index is 10.7. The van der Waals surface area contributed by atoms with Crippen molar-refractivity contribution >= 4 is 17.4 Å². The zero-order chi connectivity index (χ0) is 12.3. The van der Waals surface area contributed by atoms with Gasteiger partial charge in [0, 0.05) is 35.0 Å². The number of rotatable bonds is 3. The first-order valence-corrected chi connectivity index (χ1v) is 6.54. The number of hydrogen-bond donors (Lipinski definition) is 0. The lowest BCUT2D eigenvalue weighted by Crippen LogP contribution is -2.17. The third-order valence-corrected chi connectivity index (χ3v) is 4.17. The van der Waals surface area contributed by atoms with Crippen LogP contribution < -0.4 is 0 Å². The normalized spacial score (nSPS) is 17.0. The van der Waals surface area contributed by atoms with Gasteiger partial charge in [0.1, 0.15) is 0 Å². The Morgan fingerprint density at radius 1 is 1.41 bits per heavy atom. The second-order valence-electron chi connectivity index (χ2n) is 4.13. The van der Waals surface area contributed by atoms with E-state index in [1.165, 1.54) is 0 Å². The van der Waals surface area contributed by atoms with Gasteiger partial charge < -0.3 is 4.74 Å². The average Bonchev–Trinajstić information content (AvgIpc) is 2.30. The fraction of sp³-hybridized carbons (Fsp3) is 0.500. The number of hydrogen-bond acceptors (Lipinski definition) is 4. The lowest BCUT2D eigenvalue weighted by Gasteiger charge is -2.21. The molecule has 1 aliphatic rings. The van der Waals surface area contributed by atoms with Gasteiger partial charge in [-0.1, -0.05) is 0 Å². The van der Waals surface area contributed by atoms with Crippen LogP contribution in [0.25, 0.3) is 0 Å². The summed E-state index contributed by atoms with van der Waals surface area (Å²) in [5.41, 5.74) is 0.924. The van der Waals surface area contributed by atoms with Crippen molar-refractivity contribution < 1.29 is 9.66 Å². The third-order valence-electron chi connectivity index (χ3n) is 2.84. The van der Waals surface area contributed by atoms with Gasteiger partial charge in [-0.15, -0.1) is 11.8 Å². The molecular formula is C12H15NO3S. The first-order valence-electron chi connectivity index (χ1n) is 5.66. The molecule has 0 spiro atoms. The maximum Gasteiger partial charge on any atom is 0.272 e. The van der Waals surface area contributed by atoms with E-state index < -0.39 is 0 Å². The van der Waals surface area contributed by atoms with Gasteiger partial charge >= 0.3 is 0 Å². The summed E-state index contributed by atoms with van der Waals surface area (Å²) in [4.78, 5) is 11.5. The summed E-state index contributed by atoms with van der Waals surface area (Å²) in [5.74, 6) is 0. The number of nitrogens with zero attached hydrogens (tertiary/aromatic N) is 1. The van der Waals surface area contributed by atoms with Crippen molar-refractivity contribution in [1.82, 2.24) is 0 Å². The molecule has 0 amide bonds. The van der Waals surface area contributed by atoms with Gasteiger partial charge in [-0.2, -0.15) is 0 Å². The minimum atomic E-state index is -0.335. The van der Waals surface area contributed by atoms with E-state index in [9.17, 15) is 10.1 Å². The molecule has 1 heterocycles. The second kappa shape index (κ2) is 5.51. The fourth-order valence-electron chi connectivity index (χ4n) is 1.89. The number of benzene rings is 1. The molecule has 0 radical (unpaired) electrons. The Balaban J connectivity index is 2.06. The Hall–Kier alpha value is -1.07. The van der Waals surface area contributed by atoms with Crippen LogP contribution in [0.4, 0.5) is 5.69 Å². The van der Waals surface area contributed by atoms with Gasteiger partial charge in [0.15, 0.2) is 0 Å². The van der Waals surface area contributed by atoms with Crippen LogP contribution in [0.3, 0.4) is 0 Å². The quantitative estimate of drug-likeness (QED) is 0.613. The van der Waals surface area contributed by atoms with E-state index in [-0.39, 0.29) is 10.6 Å². The molecule has 92 valence electrons. The van der Waals surface area contributed by atoms with E-state index in [1.54, 1.807) is 24.8 Å². The molecule has 2 rings (SSSR count). The van der Waals surface area contributed by atoms with E-state index in [2.05, 4.69) is 0 Å². The highest BCUT2D eigenvalue weighted by molar-refractivity contribution is 8.00. The number of ether oxygens (including phenoxy) is 1. The first kappa shape index (κ1) is 12.4. The SMILES string of the molecule is Cc1cc(SC2CCOCC2)ccc1[N+](=O)[O-]. The summed E-state index contributed by atoms with van der Waals surface area (Å²) in [6, 6.07) is 5.33. The number of nitro groups is 1. The highest BCUT2D eigenvalue weighted by Gasteiger charge is 2.16. The number of thioether (sulfide) groups is 1. The molecule has 0 aromatic heterocycles. The molecule has 0 unspecified atom stereocenters. The summed E-state index contributed by atoms with van der Waals surface area (Å²) in [6.45, 7) is 3.43. The van der Waals surface area contributed by atoms with Crippen molar-refractivity contribution in [2.45, 2.75) is 29.9 Å². The Morgan fingerprint density at radius 3 is 2.71 bits per heavy atom. The van der Waals surface area contributed by atoms with Gasteiger partial charge in [0.25, 0.3) is 5.69 Å². The van der Waals surface area contributed by atoms with Crippen LogP contribution in [-0.4, -0.2) is 23.4 Å². The van der Waals surface area contributed by atoms with Crippen LogP contribution >= 0.6 is 11.8 Å². The molecular weight excluding hydrogens is 238 g/mol. The molecule has 4 nitrogen and oxygen atoms in total. The summed E-state index contributed by atoms with van der Waals surface area (Å²) in [7, 11) is 0. The van der Waals surface area contributed by atoms with E-state index in [0.717, 1.165) is 36.5 Å². The van der Waals surface area contributed by atoms with E-state index in [1.807, 2.05) is 12.1 Å². The second-order valence-corrected chi connectivity index (χ2v) is 5.51. The molecule has 0 N–H and O–H groups in total. The van der Waals surface area contributed by atoms with Gasteiger partial charge in [-0.25, -0.2) is 0 Å². The average molecular weight is 253 g/mol. The molecule has 0 atom stereocenters. The number of aryl methyl sites for hydroxylation is 1. The van der Waals surface area contributed by atoms with Gasteiger partial charge in [0.05, 0.1) is 4.92 Å². The maximum absolute atomic E-state index is 10.7. The minimum Gasteiger partial charge on any atom is -0.381 e. The van der Waals surface area contributed by atoms with Gasteiger partial charge in [-0.05, 0) is 31.9 Å². The van der Waals surface area contributed by atoms with Crippen LogP contribution in [0.15, 0.2) is 23.1 Å². The summed E-state index contributed by atoms with van der Waals surface area (Å²) in [6.07, 6.45) is 2.11. The van der Waals surface area contributed by atoms with Crippen LogP contribution in [0.2, 0.25) is 0 Å². The largest absolute Gasteiger partial charge is 0.381 e. The van der Waals surface area contributed by atoms with Crippen molar-refractivity contribution in [3.63, 3.8) is 0 Å². The minimum absolute atomic E-state index is 0.196. The molecule has 1 aromatic rings. The molecule has 1 fully saturated rings. The van der Waals surface area contributed by atoms with Crippen LogP contribution in [-0.2, 0) is 4.74 Å². The molecule has 0 aliphatic carbocycles. The number of nitro benzene ring substituents is 1. The Labute approximate surface area is 105 Å². The van der Waals surface area contributed by atoms with Gasteiger partial charge in [-0.3, -0.25) is 10.1 Å². The molecule has 1 aliphatic heterocycles. The lowest BCUT2D eigenvalue weighted by molar-refractivity contribution is -0.385. The van der Waals surface area contributed by atoms with Crippen LogP contribution in [0, 0.1) is 17.0 Å². The van der Waals surface area contributed by atoms with Gasteiger partial charge in [0.2, 0.25) is 0 Å². The van der Waals surface area contributed by atoms with Crippen molar-refractivity contribution in [3.05, 3.63) is 33.9 Å². The predicted octanol–water partition coefficient (Wildman–Crippen LogP) is 3.17. The molecule has 1 saturated heterocycles. The van der Waals surface area contributed by atoms with Crippen molar-refractivity contribution in [3.8, 4) is 0 Å². The van der Waals surface area contributed by atoms with Crippen LogP contribution in [0.1, 0.15) is 18.4 Å². The molecule has 0 bridgehead atoms. The molecule has 5 heteroatoms. The Morgan fingerprint density at radius 2 is 2.12 bits per heavy atom. The first-order chi connectivity index (χ1) is 8.16. The zero-order valence-electron chi connectivity index (χ0n) is 9.72. The highest BCUT2D eigenvalue weighted by Crippen LogP contribution is 2.32. The Bertz CT molecular complexity index is 416. The van der Waals surface area contributed by atoms with Crippen molar-refractivity contribution in [1.29, 1.82) is 0 Å². The van der Waals surface area contributed by atoms with Crippen LogP contribution in [0.5, 0.6) is 0 Å². The monoisotopic (exact) mass is 253 g/mol. The molecule has 17 heavy (non-hydrogen) atoms. The smallest absolute Gasteiger partial charge is 0.272 e. The standard InChI is InChI=1S/C12H15NO3S/c1-9-8-11(2-3-12(9)13(14)15)17-10-4-6-16-7-5-10/h2-3,8,10H,4-7H2,1H3. The molecule has 1 aromatic carbocycles. The van der Waals surface area contributed by atoms with Crippen molar-refractivity contribution in [2.24, 2.45) is 0 Å². The summed E-state index contributed by atoms with van der Waals surface area (Å²) >= 11 is 1.80. The fourth-order valence-corrected chi connectivity index (χ4v) is 3.10. The predicted molar refractivity (Wildman–Crippen MR) is 67.5 cm³/mol. The van der Waals surface area contributed by atoms with E-state index >= 15 is 0 Å². The molecule has 0 saturated carbocycles. The summed E-state index contributed by atoms with van der Waals surface area (Å²) < 4.78 is 5.31. The van der Waals surface area contributed by atoms with E-state index in [4.69, 9.17) is 4.74 Å². The zero-order valence-corrected chi connectivity index (χ0v) is 10.5. The van der Waals surface area contributed by atoms with E-state index in [0.29, 0.717) is 5.25 Å².